The highest BCUT2D eigenvalue weighted by molar-refractivity contribution is 7.27. The molecule has 1 unspecified atom stereocenters. The fourth-order valence-corrected chi connectivity index (χ4v) is 2.31. The Balaban J connectivity index is 2.14. The maximum atomic E-state index is 13.5. The average molecular weight is 327 g/mol. The Hall–Kier alpha value is -0.705. The van der Waals surface area contributed by atoms with Gasteiger partial charge in [-0.1, -0.05) is 9.24 Å². The van der Waals surface area contributed by atoms with Crippen LogP contribution in [0.25, 0.3) is 0 Å². The van der Waals surface area contributed by atoms with Crippen molar-refractivity contribution in [2.75, 3.05) is 6.61 Å². The Bertz CT molecular complexity index is 544. The molecule has 0 bridgehead atoms. The highest BCUT2D eigenvalue weighted by Gasteiger charge is 2.51. The lowest BCUT2D eigenvalue weighted by Gasteiger charge is -2.32. The summed E-state index contributed by atoms with van der Waals surface area (Å²) in [5.74, 6) is 0.399. The van der Waals surface area contributed by atoms with Crippen molar-refractivity contribution >= 4 is 27.1 Å². The summed E-state index contributed by atoms with van der Waals surface area (Å²) >= 11 is 0. The first-order valence-corrected chi connectivity index (χ1v) is 7.92. The van der Waals surface area contributed by atoms with E-state index < -0.39 is 24.0 Å². The van der Waals surface area contributed by atoms with Gasteiger partial charge in [-0.3, -0.25) is 0 Å². The standard InChI is InChI=1S/C15H24BFNO3P/c1-13(2,17)9-19-12-11(22)7-10(8-18-12)16-20-14(3,4)15(5,6)21-16/h7-8H,9,22H2,1-6H3. The number of ether oxygens (including phenoxy) is 1. The van der Waals surface area contributed by atoms with E-state index in [-0.39, 0.29) is 6.61 Å². The van der Waals surface area contributed by atoms with Crippen LogP contribution in [0.4, 0.5) is 4.39 Å². The van der Waals surface area contributed by atoms with Crippen LogP contribution in [0.3, 0.4) is 0 Å². The van der Waals surface area contributed by atoms with Gasteiger partial charge in [0.05, 0.1) is 11.2 Å². The minimum absolute atomic E-state index is 0.0444. The van der Waals surface area contributed by atoms with Crippen LogP contribution < -0.4 is 15.5 Å². The van der Waals surface area contributed by atoms with E-state index in [2.05, 4.69) is 14.2 Å². The Morgan fingerprint density at radius 2 is 1.82 bits per heavy atom. The molecule has 0 aliphatic carbocycles. The van der Waals surface area contributed by atoms with Gasteiger partial charge in [-0.15, -0.1) is 0 Å². The number of alkyl halides is 1. The summed E-state index contributed by atoms with van der Waals surface area (Å²) in [4.78, 5) is 4.25. The van der Waals surface area contributed by atoms with Gasteiger partial charge < -0.3 is 14.0 Å². The van der Waals surface area contributed by atoms with E-state index in [1.165, 1.54) is 13.8 Å². The monoisotopic (exact) mass is 327 g/mol. The van der Waals surface area contributed by atoms with Crippen LogP contribution in [0, 0.1) is 0 Å². The summed E-state index contributed by atoms with van der Waals surface area (Å²) in [6, 6.07) is 1.88. The van der Waals surface area contributed by atoms with Gasteiger partial charge in [0.25, 0.3) is 0 Å². The summed E-state index contributed by atoms with van der Waals surface area (Å²) in [5.41, 5.74) is -1.38. The molecule has 2 rings (SSSR count). The number of halogens is 1. The van der Waals surface area contributed by atoms with E-state index in [0.29, 0.717) is 5.88 Å². The second-order valence-electron chi connectivity index (χ2n) is 7.26. The lowest BCUT2D eigenvalue weighted by Crippen LogP contribution is -2.41. The Kier molecular flexibility index (Phi) is 4.60. The van der Waals surface area contributed by atoms with Crippen LogP contribution in [0.5, 0.6) is 5.88 Å². The smallest absolute Gasteiger partial charge is 0.474 e. The molecule has 0 spiro atoms. The summed E-state index contributed by atoms with van der Waals surface area (Å²) in [6.45, 7) is 10.9. The molecule has 0 aromatic carbocycles. The topological polar surface area (TPSA) is 40.6 Å². The molecule has 1 aromatic heterocycles. The molecular formula is C15H24BFNO3P. The number of nitrogens with zero attached hydrogens (tertiary/aromatic N) is 1. The summed E-state index contributed by atoms with van der Waals surface area (Å²) in [7, 11) is 2.08. The molecule has 1 saturated heterocycles. The van der Waals surface area contributed by atoms with Gasteiger partial charge in [-0.25, -0.2) is 9.37 Å². The van der Waals surface area contributed by atoms with Gasteiger partial charge in [-0.2, -0.15) is 0 Å². The molecule has 1 aromatic rings. The highest BCUT2D eigenvalue weighted by atomic mass is 31.0. The number of hydrogen-bond donors (Lipinski definition) is 0. The maximum absolute atomic E-state index is 13.5. The van der Waals surface area contributed by atoms with Crippen molar-refractivity contribution in [2.24, 2.45) is 0 Å². The summed E-state index contributed by atoms with van der Waals surface area (Å²) in [6.07, 6.45) is 1.65. The van der Waals surface area contributed by atoms with E-state index in [1.807, 2.05) is 33.8 Å². The first kappa shape index (κ1) is 17.6. The number of pyridine rings is 1. The Morgan fingerprint density at radius 3 is 2.27 bits per heavy atom. The lowest BCUT2D eigenvalue weighted by atomic mass is 9.80. The summed E-state index contributed by atoms with van der Waals surface area (Å²) in [5, 5.41) is 0.747. The van der Waals surface area contributed by atoms with Gasteiger partial charge in [0, 0.05) is 17.0 Å². The van der Waals surface area contributed by atoms with E-state index in [4.69, 9.17) is 14.0 Å². The van der Waals surface area contributed by atoms with Crippen molar-refractivity contribution in [1.29, 1.82) is 0 Å². The Morgan fingerprint density at radius 1 is 1.27 bits per heavy atom. The second-order valence-corrected chi connectivity index (χ2v) is 7.88. The highest BCUT2D eigenvalue weighted by Crippen LogP contribution is 2.36. The second kappa shape index (κ2) is 5.74. The minimum atomic E-state index is -1.40. The van der Waals surface area contributed by atoms with Gasteiger partial charge in [0.2, 0.25) is 5.88 Å². The molecule has 4 nitrogen and oxygen atoms in total. The van der Waals surface area contributed by atoms with Gasteiger partial charge in [-0.05, 0) is 47.6 Å². The molecule has 7 heteroatoms. The van der Waals surface area contributed by atoms with Crippen LogP contribution in [-0.2, 0) is 9.31 Å². The average Bonchev–Trinajstić information content (AvgIpc) is 2.56. The number of aromatic nitrogens is 1. The largest absolute Gasteiger partial charge is 0.496 e. The fourth-order valence-electron chi connectivity index (χ4n) is 1.95. The van der Waals surface area contributed by atoms with Gasteiger partial charge >= 0.3 is 7.12 Å². The quantitative estimate of drug-likeness (QED) is 0.627. The summed E-state index contributed by atoms with van der Waals surface area (Å²) < 4.78 is 30.9. The van der Waals surface area contributed by atoms with Crippen molar-refractivity contribution in [3.05, 3.63) is 12.3 Å². The van der Waals surface area contributed by atoms with E-state index in [1.54, 1.807) is 6.20 Å². The number of rotatable bonds is 4. The van der Waals surface area contributed by atoms with Crippen molar-refractivity contribution < 1.29 is 18.4 Å². The number of hydrogen-bond acceptors (Lipinski definition) is 4. The Labute approximate surface area is 134 Å². The first-order valence-electron chi connectivity index (χ1n) is 7.34. The zero-order valence-corrected chi connectivity index (χ0v) is 15.2. The van der Waals surface area contributed by atoms with Crippen molar-refractivity contribution in [3.63, 3.8) is 0 Å². The molecule has 22 heavy (non-hydrogen) atoms. The molecular weight excluding hydrogens is 303 g/mol. The maximum Gasteiger partial charge on any atom is 0.496 e. The third-order valence-electron chi connectivity index (χ3n) is 3.98. The predicted molar refractivity (Wildman–Crippen MR) is 90.0 cm³/mol. The van der Waals surface area contributed by atoms with Crippen molar-refractivity contribution in [3.8, 4) is 5.88 Å². The minimum Gasteiger partial charge on any atom is -0.474 e. The zero-order chi connectivity index (χ0) is 16.8. The molecule has 122 valence electrons. The predicted octanol–water partition coefficient (Wildman–Crippen LogP) is 2.01. The van der Waals surface area contributed by atoms with Crippen LogP contribution in [0.1, 0.15) is 41.5 Å². The molecule has 1 aliphatic heterocycles. The molecule has 2 heterocycles. The molecule has 0 amide bonds. The third-order valence-corrected chi connectivity index (χ3v) is 4.39. The van der Waals surface area contributed by atoms with E-state index in [0.717, 1.165) is 10.8 Å². The molecule has 1 aliphatic rings. The van der Waals surface area contributed by atoms with E-state index in [9.17, 15) is 4.39 Å². The molecule has 1 fully saturated rings. The molecule has 1 atom stereocenters. The van der Waals surface area contributed by atoms with Gasteiger partial charge in [0.15, 0.2) is 0 Å². The molecule has 0 saturated carbocycles. The van der Waals surface area contributed by atoms with Gasteiger partial charge in [0.1, 0.15) is 12.3 Å². The van der Waals surface area contributed by atoms with E-state index >= 15 is 0 Å². The van der Waals surface area contributed by atoms with Crippen LogP contribution >= 0.6 is 9.24 Å². The SMILES string of the molecule is CC(C)(F)COc1ncc(B2OC(C)(C)C(C)(C)O2)cc1P. The van der Waals surface area contributed by atoms with Crippen LogP contribution in [0.2, 0.25) is 0 Å². The van der Waals surface area contributed by atoms with Crippen LogP contribution in [0.15, 0.2) is 12.3 Å². The fraction of sp³-hybridized carbons (Fsp3) is 0.667. The lowest BCUT2D eigenvalue weighted by molar-refractivity contribution is 0.00578. The van der Waals surface area contributed by atoms with Crippen molar-refractivity contribution in [2.45, 2.75) is 58.4 Å². The first-order chi connectivity index (χ1) is 9.91. The third kappa shape index (κ3) is 3.79. The normalized spacial score (nSPS) is 20.3. The van der Waals surface area contributed by atoms with Crippen molar-refractivity contribution in [1.82, 2.24) is 4.98 Å². The van der Waals surface area contributed by atoms with Crippen LogP contribution in [-0.4, -0.2) is 35.6 Å². The molecule has 0 radical (unpaired) electrons. The zero-order valence-electron chi connectivity index (χ0n) is 14.1. The molecule has 0 N–H and O–H groups in total.